The highest BCUT2D eigenvalue weighted by Gasteiger charge is 2.31. The van der Waals surface area contributed by atoms with E-state index in [1.54, 1.807) is 0 Å². The number of amides is 1. The largest absolute Gasteiger partial charge is 0.478 e. The minimum Gasteiger partial charge on any atom is -0.478 e. The maximum absolute atomic E-state index is 13.7. The monoisotopic (exact) mass is 405 g/mol. The van der Waals surface area contributed by atoms with Crippen molar-refractivity contribution in [3.05, 3.63) is 63.6 Å². The van der Waals surface area contributed by atoms with Crippen LogP contribution < -0.4 is 4.90 Å². The van der Waals surface area contributed by atoms with Crippen molar-refractivity contribution in [1.82, 2.24) is 0 Å². The van der Waals surface area contributed by atoms with E-state index in [1.807, 2.05) is 0 Å². The molecule has 0 atom stereocenters. The molecular formula is C15H8BrF4NO3. The van der Waals surface area contributed by atoms with E-state index in [0.717, 1.165) is 18.2 Å². The van der Waals surface area contributed by atoms with Gasteiger partial charge in [0.05, 0.1) is 16.8 Å². The molecule has 9 heteroatoms. The summed E-state index contributed by atoms with van der Waals surface area (Å²) in [5.41, 5.74) is -2.01. The van der Waals surface area contributed by atoms with Crippen LogP contribution in [0.25, 0.3) is 0 Å². The lowest BCUT2D eigenvalue weighted by Crippen LogP contribution is -2.37. The summed E-state index contributed by atoms with van der Waals surface area (Å²) in [6.45, 7) is -3.44. The third-order valence-electron chi connectivity index (χ3n) is 3.02. The van der Waals surface area contributed by atoms with Crippen LogP contribution in [0, 0.1) is 11.6 Å². The normalized spacial score (nSPS) is 10.8. The van der Waals surface area contributed by atoms with Crippen molar-refractivity contribution in [2.45, 2.75) is 6.55 Å². The molecule has 1 amide bonds. The second-order valence-electron chi connectivity index (χ2n) is 4.54. The Morgan fingerprint density at radius 3 is 2.25 bits per heavy atom. The summed E-state index contributed by atoms with van der Waals surface area (Å²) in [7, 11) is 0. The van der Waals surface area contributed by atoms with Crippen LogP contribution in [0.4, 0.5) is 23.2 Å². The van der Waals surface area contributed by atoms with Crippen molar-refractivity contribution in [1.29, 1.82) is 0 Å². The van der Waals surface area contributed by atoms with E-state index in [2.05, 4.69) is 15.9 Å². The second-order valence-corrected chi connectivity index (χ2v) is 5.46. The highest BCUT2D eigenvalue weighted by molar-refractivity contribution is 9.10. The van der Waals surface area contributed by atoms with Crippen LogP contribution in [0.1, 0.15) is 20.7 Å². The molecule has 0 radical (unpaired) electrons. The van der Waals surface area contributed by atoms with Crippen molar-refractivity contribution >= 4 is 33.5 Å². The predicted octanol–water partition coefficient (Wildman–Crippen LogP) is 4.29. The van der Waals surface area contributed by atoms with E-state index < -0.39 is 46.9 Å². The van der Waals surface area contributed by atoms with Crippen molar-refractivity contribution < 1.29 is 32.3 Å². The van der Waals surface area contributed by atoms with Gasteiger partial charge in [-0.15, -0.1) is 0 Å². The molecular weight excluding hydrogens is 398 g/mol. The molecule has 0 aliphatic heterocycles. The summed E-state index contributed by atoms with van der Waals surface area (Å²) in [5, 5.41) is 9.14. The molecule has 2 aromatic rings. The first-order valence-corrected chi connectivity index (χ1v) is 7.11. The third kappa shape index (κ3) is 3.56. The Balaban J connectivity index is 2.59. The number of carboxylic acids is 1. The van der Waals surface area contributed by atoms with Gasteiger partial charge in [0.25, 0.3) is 5.91 Å². The maximum Gasteiger partial charge on any atom is 0.337 e. The van der Waals surface area contributed by atoms with Gasteiger partial charge in [0, 0.05) is 10.5 Å². The first-order chi connectivity index (χ1) is 11.2. The number of carboxylic acid groups (broad SMARTS) is 1. The van der Waals surface area contributed by atoms with Gasteiger partial charge in [0.2, 0.25) is 0 Å². The molecule has 0 fully saturated rings. The zero-order valence-corrected chi connectivity index (χ0v) is 13.2. The number of benzene rings is 2. The van der Waals surface area contributed by atoms with Gasteiger partial charge in [-0.2, -0.15) is 8.78 Å². The van der Waals surface area contributed by atoms with Gasteiger partial charge in [-0.05, 0) is 30.3 Å². The summed E-state index contributed by atoms with van der Waals surface area (Å²) in [6.07, 6.45) is 0. The summed E-state index contributed by atoms with van der Waals surface area (Å²) in [6, 6.07) is 5.09. The zero-order valence-electron chi connectivity index (χ0n) is 11.6. The highest BCUT2D eigenvalue weighted by atomic mass is 79.9. The number of halogens is 5. The van der Waals surface area contributed by atoms with Crippen LogP contribution in [0.5, 0.6) is 0 Å². The number of rotatable bonds is 4. The number of hydrogen-bond acceptors (Lipinski definition) is 2. The molecule has 4 nitrogen and oxygen atoms in total. The molecule has 0 aromatic heterocycles. The summed E-state index contributed by atoms with van der Waals surface area (Å²) in [5.74, 6) is -5.36. The Morgan fingerprint density at radius 1 is 1.04 bits per heavy atom. The number of carbonyl (C=O) groups excluding carboxylic acids is 1. The van der Waals surface area contributed by atoms with Crippen LogP contribution in [0.2, 0.25) is 0 Å². The van der Waals surface area contributed by atoms with E-state index in [9.17, 15) is 27.2 Å². The second kappa shape index (κ2) is 7.00. The van der Waals surface area contributed by atoms with E-state index in [0.29, 0.717) is 16.6 Å². The molecule has 0 spiro atoms. The summed E-state index contributed by atoms with van der Waals surface area (Å²) in [4.78, 5) is 23.3. The molecule has 0 heterocycles. The van der Waals surface area contributed by atoms with E-state index >= 15 is 0 Å². The lowest BCUT2D eigenvalue weighted by Gasteiger charge is -2.23. The fourth-order valence-electron chi connectivity index (χ4n) is 1.99. The van der Waals surface area contributed by atoms with Crippen LogP contribution in [0.15, 0.2) is 40.9 Å². The number of alkyl halides is 2. The SMILES string of the molecule is O=C(O)c1cc(Br)ccc1N(C(=O)c1ccc(F)cc1F)C(F)F. The minimum atomic E-state index is -3.44. The molecule has 0 bridgehead atoms. The van der Waals surface area contributed by atoms with Crippen molar-refractivity contribution in [2.24, 2.45) is 0 Å². The molecule has 0 saturated heterocycles. The Morgan fingerprint density at radius 2 is 1.71 bits per heavy atom. The smallest absolute Gasteiger partial charge is 0.337 e. The van der Waals surface area contributed by atoms with Gasteiger partial charge in [0.1, 0.15) is 11.6 Å². The Kier molecular flexibility index (Phi) is 5.23. The van der Waals surface area contributed by atoms with Gasteiger partial charge in [-0.1, -0.05) is 15.9 Å². The average molecular weight is 406 g/mol. The van der Waals surface area contributed by atoms with Crippen molar-refractivity contribution in [3.63, 3.8) is 0 Å². The quantitative estimate of drug-likeness (QED) is 0.609. The average Bonchev–Trinajstić information content (AvgIpc) is 2.48. The van der Waals surface area contributed by atoms with Crippen LogP contribution >= 0.6 is 15.9 Å². The Bertz CT molecular complexity index is 813. The molecule has 126 valence electrons. The van der Waals surface area contributed by atoms with Crippen LogP contribution in [0.3, 0.4) is 0 Å². The van der Waals surface area contributed by atoms with Crippen molar-refractivity contribution in [2.75, 3.05) is 4.90 Å². The number of hydrogen-bond donors (Lipinski definition) is 1. The van der Waals surface area contributed by atoms with Gasteiger partial charge < -0.3 is 5.11 Å². The van der Waals surface area contributed by atoms with Gasteiger partial charge in [0.15, 0.2) is 0 Å². The van der Waals surface area contributed by atoms with E-state index in [1.165, 1.54) is 6.07 Å². The molecule has 0 saturated carbocycles. The third-order valence-corrected chi connectivity index (χ3v) is 3.52. The molecule has 0 aliphatic carbocycles. The molecule has 1 N–H and O–H groups in total. The van der Waals surface area contributed by atoms with E-state index in [4.69, 9.17) is 5.11 Å². The number of anilines is 1. The predicted molar refractivity (Wildman–Crippen MR) is 80.3 cm³/mol. The first kappa shape index (κ1) is 17.9. The van der Waals surface area contributed by atoms with Gasteiger partial charge in [-0.3, -0.25) is 4.79 Å². The summed E-state index contributed by atoms with van der Waals surface area (Å²) < 4.78 is 53.7. The number of nitrogens with zero attached hydrogens (tertiary/aromatic N) is 1. The Hall–Kier alpha value is -2.42. The highest BCUT2D eigenvalue weighted by Crippen LogP contribution is 2.29. The molecule has 2 aromatic carbocycles. The van der Waals surface area contributed by atoms with Crippen LogP contribution in [-0.2, 0) is 0 Å². The molecule has 0 aliphatic rings. The molecule has 2 rings (SSSR count). The standard InChI is InChI=1S/C15H8BrF4NO3/c16-7-1-4-12(10(5-7)14(23)24)21(15(19)20)13(22)9-3-2-8(17)6-11(9)18/h1-6,15H,(H,23,24). The fraction of sp³-hybridized carbons (Fsp3) is 0.0667. The Labute approximate surface area is 141 Å². The number of aromatic carboxylic acids is 1. The maximum atomic E-state index is 13.7. The zero-order chi connectivity index (χ0) is 18.0. The lowest BCUT2D eigenvalue weighted by molar-refractivity contribution is 0.0696. The van der Waals surface area contributed by atoms with Crippen molar-refractivity contribution in [3.8, 4) is 0 Å². The fourth-order valence-corrected chi connectivity index (χ4v) is 2.35. The van der Waals surface area contributed by atoms with Gasteiger partial charge >= 0.3 is 12.5 Å². The number of carbonyl (C=O) groups is 2. The van der Waals surface area contributed by atoms with Crippen LogP contribution in [-0.4, -0.2) is 23.5 Å². The molecule has 0 unspecified atom stereocenters. The van der Waals surface area contributed by atoms with E-state index in [-0.39, 0.29) is 4.90 Å². The lowest BCUT2D eigenvalue weighted by atomic mass is 10.1. The molecule has 24 heavy (non-hydrogen) atoms. The first-order valence-electron chi connectivity index (χ1n) is 6.32. The topological polar surface area (TPSA) is 57.6 Å². The summed E-state index contributed by atoms with van der Waals surface area (Å²) >= 11 is 3.00. The van der Waals surface area contributed by atoms with Gasteiger partial charge in [-0.25, -0.2) is 18.5 Å². The minimum absolute atomic E-state index is 0.161.